The number of hydrogen-bond acceptors (Lipinski definition) is 4. The van der Waals surface area contributed by atoms with E-state index in [1.165, 1.54) is 19.4 Å². The van der Waals surface area contributed by atoms with E-state index in [-0.39, 0.29) is 12.5 Å². The van der Waals surface area contributed by atoms with E-state index in [1.807, 2.05) is 6.92 Å². The van der Waals surface area contributed by atoms with Crippen LogP contribution in [0.3, 0.4) is 0 Å². The van der Waals surface area contributed by atoms with Gasteiger partial charge in [-0.15, -0.1) is 0 Å². The van der Waals surface area contributed by atoms with E-state index in [1.54, 1.807) is 19.0 Å². The Hall–Kier alpha value is -1.34. The monoisotopic (exact) mass is 355 g/mol. The fourth-order valence-corrected chi connectivity index (χ4v) is 3.04. The Balaban J connectivity index is 2.60. The van der Waals surface area contributed by atoms with Crippen molar-refractivity contribution < 1.29 is 9.53 Å². The van der Waals surface area contributed by atoms with Crippen molar-refractivity contribution in [2.75, 3.05) is 67.1 Å². The van der Waals surface area contributed by atoms with E-state index in [0.29, 0.717) is 6.04 Å². The molecule has 1 aliphatic rings. The fourth-order valence-electron chi connectivity index (χ4n) is 3.04. The molecule has 0 aliphatic carbocycles. The summed E-state index contributed by atoms with van der Waals surface area (Å²) in [4.78, 5) is 22.7. The average molecular weight is 356 g/mol. The van der Waals surface area contributed by atoms with Crippen LogP contribution in [0.4, 0.5) is 0 Å². The number of rotatable bonds is 10. The second-order valence-electron chi connectivity index (χ2n) is 6.71. The maximum Gasteiger partial charge on any atom is 0.243 e. The number of nitrogens with one attached hydrogen (secondary N) is 1. The summed E-state index contributed by atoms with van der Waals surface area (Å²) in [5.41, 5.74) is 0. The summed E-state index contributed by atoms with van der Waals surface area (Å²) in [6.45, 7) is 9.87. The summed E-state index contributed by atoms with van der Waals surface area (Å²) in [5.74, 6) is 0.813. The van der Waals surface area contributed by atoms with Crippen LogP contribution in [0, 0.1) is 0 Å². The van der Waals surface area contributed by atoms with Crippen LogP contribution >= 0.6 is 0 Å². The Morgan fingerprint density at radius 3 is 2.72 bits per heavy atom. The van der Waals surface area contributed by atoms with Crippen LogP contribution in [0.15, 0.2) is 4.99 Å². The number of aliphatic imine (C=N–C) groups is 1. The molecule has 1 unspecified atom stereocenters. The molecule has 0 aromatic carbocycles. The highest BCUT2D eigenvalue weighted by molar-refractivity contribution is 5.84. The number of carbonyl (C=O) groups is 1. The van der Waals surface area contributed by atoms with Crippen molar-refractivity contribution in [1.29, 1.82) is 0 Å². The lowest BCUT2D eigenvalue weighted by Crippen LogP contribution is -2.46. The highest BCUT2D eigenvalue weighted by atomic mass is 16.5. The average Bonchev–Trinajstić information content (AvgIpc) is 3.03. The number of hydrogen-bond donors (Lipinski definition) is 1. The van der Waals surface area contributed by atoms with Crippen molar-refractivity contribution in [3.05, 3.63) is 0 Å². The van der Waals surface area contributed by atoms with Gasteiger partial charge in [-0.05, 0) is 39.3 Å². The van der Waals surface area contributed by atoms with Gasteiger partial charge in [0, 0.05) is 53.5 Å². The first-order valence-electron chi connectivity index (χ1n) is 9.50. The summed E-state index contributed by atoms with van der Waals surface area (Å²) in [5, 5.41) is 3.39. The molecule has 1 fully saturated rings. The molecule has 7 heteroatoms. The van der Waals surface area contributed by atoms with Crippen LogP contribution in [0.5, 0.6) is 0 Å². The number of likely N-dealkylation sites (N-methyl/N-ethyl adjacent to an activating group) is 3. The van der Waals surface area contributed by atoms with Crippen molar-refractivity contribution in [3.63, 3.8) is 0 Å². The summed E-state index contributed by atoms with van der Waals surface area (Å²) in [6, 6.07) is 0.565. The molecule has 0 spiro atoms. The topological polar surface area (TPSA) is 60.4 Å². The first-order valence-corrected chi connectivity index (χ1v) is 9.50. The van der Waals surface area contributed by atoms with Gasteiger partial charge >= 0.3 is 0 Å². The Labute approximate surface area is 153 Å². The molecule has 0 aromatic rings. The molecular formula is C18H37N5O2. The molecule has 146 valence electrons. The van der Waals surface area contributed by atoms with E-state index in [2.05, 4.69) is 34.1 Å². The van der Waals surface area contributed by atoms with E-state index >= 15 is 0 Å². The highest BCUT2D eigenvalue weighted by Crippen LogP contribution is 2.17. The van der Waals surface area contributed by atoms with Crippen molar-refractivity contribution in [1.82, 2.24) is 20.0 Å². The van der Waals surface area contributed by atoms with E-state index in [4.69, 9.17) is 4.74 Å². The van der Waals surface area contributed by atoms with Gasteiger partial charge in [0.1, 0.15) is 6.54 Å². The molecule has 0 bridgehead atoms. The SMILES string of the molecule is CCOCCCNC(=NCC(=O)N(C)C)N(C)CC1CCCN1CC. The number of amides is 1. The number of carbonyl (C=O) groups excluding carboxylic acids is 1. The molecule has 0 saturated carbocycles. The largest absolute Gasteiger partial charge is 0.382 e. The molecular weight excluding hydrogens is 318 g/mol. The second kappa shape index (κ2) is 12.1. The van der Waals surface area contributed by atoms with Crippen molar-refractivity contribution >= 4 is 11.9 Å². The second-order valence-corrected chi connectivity index (χ2v) is 6.71. The molecule has 1 saturated heterocycles. The van der Waals surface area contributed by atoms with Crippen LogP contribution in [0.25, 0.3) is 0 Å². The van der Waals surface area contributed by atoms with E-state index in [0.717, 1.165) is 45.2 Å². The van der Waals surface area contributed by atoms with Crippen LogP contribution in [0.2, 0.25) is 0 Å². The molecule has 0 aromatic heterocycles. The molecule has 0 radical (unpaired) electrons. The zero-order valence-corrected chi connectivity index (χ0v) is 16.8. The number of nitrogens with zero attached hydrogens (tertiary/aromatic N) is 4. The lowest BCUT2D eigenvalue weighted by atomic mass is 10.2. The summed E-state index contributed by atoms with van der Waals surface area (Å²) < 4.78 is 5.38. The van der Waals surface area contributed by atoms with Gasteiger partial charge in [-0.3, -0.25) is 9.69 Å². The molecule has 1 N–H and O–H groups in total. The number of guanidine groups is 1. The molecule has 1 rings (SSSR count). The van der Waals surface area contributed by atoms with Crippen molar-refractivity contribution in [2.24, 2.45) is 4.99 Å². The van der Waals surface area contributed by atoms with E-state index < -0.39 is 0 Å². The Morgan fingerprint density at radius 1 is 1.32 bits per heavy atom. The minimum atomic E-state index is 0.0121. The fraction of sp³-hybridized carbons (Fsp3) is 0.889. The zero-order valence-electron chi connectivity index (χ0n) is 16.8. The van der Waals surface area contributed by atoms with Crippen LogP contribution in [-0.2, 0) is 9.53 Å². The van der Waals surface area contributed by atoms with Gasteiger partial charge in [0.05, 0.1) is 0 Å². The molecule has 1 heterocycles. The normalized spacial score (nSPS) is 18.4. The van der Waals surface area contributed by atoms with E-state index in [9.17, 15) is 4.79 Å². The third-order valence-electron chi connectivity index (χ3n) is 4.57. The Kier molecular flexibility index (Phi) is 10.5. The number of likely N-dealkylation sites (tertiary alicyclic amines) is 1. The maximum atomic E-state index is 11.9. The molecule has 7 nitrogen and oxygen atoms in total. The predicted octanol–water partition coefficient (Wildman–Crippen LogP) is 0.863. The maximum absolute atomic E-state index is 11.9. The van der Waals surface area contributed by atoms with Gasteiger partial charge in [0.2, 0.25) is 5.91 Å². The van der Waals surface area contributed by atoms with Gasteiger partial charge in [0.25, 0.3) is 0 Å². The quantitative estimate of drug-likeness (QED) is 0.358. The third-order valence-corrected chi connectivity index (χ3v) is 4.57. The van der Waals surface area contributed by atoms with Crippen LogP contribution in [0.1, 0.15) is 33.1 Å². The third kappa shape index (κ3) is 8.05. The first kappa shape index (κ1) is 21.7. The Morgan fingerprint density at radius 2 is 2.08 bits per heavy atom. The number of ether oxygens (including phenoxy) is 1. The molecule has 1 aliphatic heterocycles. The smallest absolute Gasteiger partial charge is 0.243 e. The summed E-state index contributed by atoms with van der Waals surface area (Å²) >= 11 is 0. The molecule has 25 heavy (non-hydrogen) atoms. The molecule has 1 atom stereocenters. The zero-order chi connectivity index (χ0) is 18.7. The van der Waals surface area contributed by atoms with Gasteiger partial charge in [-0.1, -0.05) is 6.92 Å². The summed E-state index contributed by atoms with van der Waals surface area (Å²) in [7, 11) is 5.57. The minimum Gasteiger partial charge on any atom is -0.382 e. The van der Waals surface area contributed by atoms with Crippen LogP contribution < -0.4 is 5.32 Å². The van der Waals surface area contributed by atoms with Crippen molar-refractivity contribution in [3.8, 4) is 0 Å². The standard InChI is InChI=1S/C18H37N5O2/c1-6-23-12-8-10-16(23)15-22(5)18(19-11-9-13-25-7-2)20-14-17(24)21(3)4/h16H,6-15H2,1-5H3,(H,19,20). The van der Waals surface area contributed by atoms with Gasteiger partial charge < -0.3 is 19.9 Å². The van der Waals surface area contributed by atoms with Crippen LogP contribution in [-0.4, -0.2) is 99.7 Å². The first-order chi connectivity index (χ1) is 12.0. The predicted molar refractivity (Wildman–Crippen MR) is 103 cm³/mol. The van der Waals surface area contributed by atoms with Gasteiger partial charge in [0.15, 0.2) is 5.96 Å². The van der Waals surface area contributed by atoms with Gasteiger partial charge in [-0.25, -0.2) is 4.99 Å². The Bertz CT molecular complexity index is 414. The lowest BCUT2D eigenvalue weighted by molar-refractivity contribution is -0.127. The minimum absolute atomic E-state index is 0.0121. The van der Waals surface area contributed by atoms with Crippen molar-refractivity contribution in [2.45, 2.75) is 39.2 Å². The summed E-state index contributed by atoms with van der Waals surface area (Å²) in [6.07, 6.45) is 3.42. The molecule has 1 amide bonds. The van der Waals surface area contributed by atoms with Gasteiger partial charge in [-0.2, -0.15) is 0 Å². The lowest BCUT2D eigenvalue weighted by Gasteiger charge is -2.30. The highest BCUT2D eigenvalue weighted by Gasteiger charge is 2.25.